The summed E-state index contributed by atoms with van der Waals surface area (Å²) in [5, 5.41) is 13.3. The first-order chi connectivity index (χ1) is 14.1. The number of ether oxygens (including phenoxy) is 2. The van der Waals surface area contributed by atoms with Gasteiger partial charge in [-0.05, 0) is 38.2 Å². The molecule has 2 N–H and O–H groups in total. The first-order valence-electron chi connectivity index (χ1n) is 10.8. The van der Waals surface area contributed by atoms with Crippen molar-refractivity contribution in [2.24, 2.45) is 0 Å². The summed E-state index contributed by atoms with van der Waals surface area (Å²) < 4.78 is 26.1. The molecule has 160 valence electrons. The third-order valence-corrected chi connectivity index (χ3v) is 6.30. The predicted molar refractivity (Wildman–Crippen MR) is 106 cm³/mol. The number of nitrogens with zero attached hydrogens (tertiary/aromatic N) is 1. The van der Waals surface area contributed by atoms with Crippen molar-refractivity contribution in [2.75, 3.05) is 19.8 Å². The molecule has 29 heavy (non-hydrogen) atoms. The van der Waals surface area contributed by atoms with E-state index in [1.165, 1.54) is 12.5 Å². The molecule has 1 aromatic carbocycles. The molecular weight excluding hydrogens is 375 g/mol. The van der Waals surface area contributed by atoms with Crippen molar-refractivity contribution < 1.29 is 23.8 Å². The van der Waals surface area contributed by atoms with Crippen LogP contribution in [-0.2, 0) is 20.8 Å². The monoisotopic (exact) mass is 406 g/mol. The van der Waals surface area contributed by atoms with E-state index in [4.69, 9.17) is 9.47 Å². The van der Waals surface area contributed by atoms with Gasteiger partial charge >= 0.3 is 0 Å². The highest BCUT2D eigenvalue weighted by Crippen LogP contribution is 2.29. The molecule has 1 aromatic rings. The smallest absolute Gasteiger partial charge is 0.222 e. The number of nitrogens with one attached hydrogen (secondary N) is 1. The summed E-state index contributed by atoms with van der Waals surface area (Å²) in [6, 6.07) is 7.11. The van der Waals surface area contributed by atoms with Gasteiger partial charge in [0.15, 0.2) is 0 Å². The molecule has 7 heteroatoms. The van der Waals surface area contributed by atoms with Gasteiger partial charge in [-0.1, -0.05) is 18.2 Å². The van der Waals surface area contributed by atoms with E-state index in [0.29, 0.717) is 37.7 Å². The van der Waals surface area contributed by atoms with Gasteiger partial charge < -0.3 is 19.9 Å². The van der Waals surface area contributed by atoms with E-state index >= 15 is 0 Å². The lowest BCUT2D eigenvalue weighted by molar-refractivity contribution is -0.158. The van der Waals surface area contributed by atoms with Crippen LogP contribution in [0.2, 0.25) is 0 Å². The minimum Gasteiger partial charge on any atom is -0.389 e. The Hall–Kier alpha value is -1.54. The first-order valence-corrected chi connectivity index (χ1v) is 10.8. The zero-order chi connectivity index (χ0) is 20.2. The quantitative estimate of drug-likeness (QED) is 0.783. The van der Waals surface area contributed by atoms with Crippen LogP contribution in [-0.4, -0.2) is 66.1 Å². The number of β-amino-alcohol motifs (C(OH)–C–C–N with tert-alkyl or cyclic N) is 1. The number of aliphatic hydroxyl groups excluding tert-OH is 1. The second-order valence-electron chi connectivity index (χ2n) is 8.55. The van der Waals surface area contributed by atoms with Gasteiger partial charge in [0.05, 0.1) is 37.9 Å². The fourth-order valence-corrected chi connectivity index (χ4v) is 4.52. The number of halogens is 1. The van der Waals surface area contributed by atoms with E-state index in [2.05, 4.69) is 10.2 Å². The summed E-state index contributed by atoms with van der Waals surface area (Å²) in [5.74, 6) is -0.178. The Kier molecular flexibility index (Phi) is 6.80. The lowest BCUT2D eigenvalue weighted by atomic mass is 9.92. The van der Waals surface area contributed by atoms with Crippen LogP contribution in [0.3, 0.4) is 0 Å². The third-order valence-electron chi connectivity index (χ3n) is 6.30. The number of amides is 1. The van der Waals surface area contributed by atoms with Gasteiger partial charge in [-0.15, -0.1) is 0 Å². The Morgan fingerprint density at radius 2 is 2.03 bits per heavy atom. The summed E-state index contributed by atoms with van der Waals surface area (Å²) in [6.07, 6.45) is 4.37. The van der Waals surface area contributed by atoms with Crippen LogP contribution in [0, 0.1) is 5.82 Å². The zero-order valence-corrected chi connectivity index (χ0v) is 16.8. The summed E-state index contributed by atoms with van der Waals surface area (Å²) in [6.45, 7) is 1.43. The minimum atomic E-state index is -0.617. The van der Waals surface area contributed by atoms with Gasteiger partial charge in [0, 0.05) is 30.7 Å². The zero-order valence-electron chi connectivity index (χ0n) is 16.8. The second kappa shape index (κ2) is 9.51. The number of aliphatic hydroxyl groups is 1. The molecule has 0 aromatic heterocycles. The number of fused-ring (bicyclic) bond motifs is 1. The van der Waals surface area contributed by atoms with E-state index in [0.717, 1.165) is 25.7 Å². The molecule has 1 saturated carbocycles. The molecule has 2 saturated heterocycles. The van der Waals surface area contributed by atoms with Crippen molar-refractivity contribution in [3.63, 3.8) is 0 Å². The van der Waals surface area contributed by atoms with Crippen LogP contribution in [0.25, 0.3) is 0 Å². The molecule has 3 aliphatic rings. The van der Waals surface area contributed by atoms with Crippen LogP contribution in [0.15, 0.2) is 24.3 Å². The topological polar surface area (TPSA) is 71.0 Å². The van der Waals surface area contributed by atoms with E-state index < -0.39 is 6.10 Å². The largest absolute Gasteiger partial charge is 0.389 e. The minimum absolute atomic E-state index is 0.0236. The Morgan fingerprint density at radius 3 is 2.79 bits per heavy atom. The van der Waals surface area contributed by atoms with Gasteiger partial charge in [-0.2, -0.15) is 0 Å². The van der Waals surface area contributed by atoms with Gasteiger partial charge in [0.25, 0.3) is 0 Å². The van der Waals surface area contributed by atoms with E-state index in [1.807, 2.05) is 6.07 Å². The van der Waals surface area contributed by atoms with E-state index in [-0.39, 0.29) is 36.6 Å². The van der Waals surface area contributed by atoms with Crippen LogP contribution < -0.4 is 5.32 Å². The highest BCUT2D eigenvalue weighted by atomic mass is 19.1. The Morgan fingerprint density at radius 1 is 1.21 bits per heavy atom. The average molecular weight is 406 g/mol. The Labute approximate surface area is 171 Å². The van der Waals surface area contributed by atoms with Crippen LogP contribution in [0.4, 0.5) is 4.39 Å². The SMILES string of the molecule is O=C(C[C@H]1CC[C@H]2[C@@H](COC[C@H](O)CN2Cc2ccccc2F)O1)NC1CCC1. The summed E-state index contributed by atoms with van der Waals surface area (Å²) >= 11 is 0. The second-order valence-corrected chi connectivity index (χ2v) is 8.55. The molecule has 3 fully saturated rings. The predicted octanol–water partition coefficient (Wildman–Crippen LogP) is 1.99. The molecule has 0 radical (unpaired) electrons. The molecular formula is C22H31FN2O4. The summed E-state index contributed by atoms with van der Waals surface area (Å²) in [5.41, 5.74) is 0.613. The van der Waals surface area contributed by atoms with Gasteiger partial charge in [0.2, 0.25) is 5.91 Å². The van der Waals surface area contributed by atoms with Crippen molar-refractivity contribution in [2.45, 2.75) is 75.5 Å². The number of carbonyl (C=O) groups excluding carboxylic acids is 1. The van der Waals surface area contributed by atoms with Crippen molar-refractivity contribution in [1.29, 1.82) is 0 Å². The first kappa shape index (κ1) is 20.7. The van der Waals surface area contributed by atoms with Crippen LogP contribution in [0.5, 0.6) is 0 Å². The maximum atomic E-state index is 14.2. The fraction of sp³-hybridized carbons (Fsp3) is 0.682. The maximum absolute atomic E-state index is 14.2. The van der Waals surface area contributed by atoms with Crippen molar-refractivity contribution in [1.82, 2.24) is 10.2 Å². The van der Waals surface area contributed by atoms with Crippen LogP contribution in [0.1, 0.15) is 44.1 Å². The fourth-order valence-electron chi connectivity index (χ4n) is 4.52. The van der Waals surface area contributed by atoms with Gasteiger partial charge in [-0.25, -0.2) is 4.39 Å². The standard InChI is InChI=1S/C22H31FN2O4/c23-19-7-2-1-4-15(19)11-25-12-17(26)13-28-14-21-20(25)9-8-18(29-21)10-22(27)24-16-5-3-6-16/h1-2,4,7,16-18,20-21,26H,3,5-6,8-14H2,(H,24,27)/t17-,18-,20+,21-/m1/s1. The molecule has 4 rings (SSSR count). The van der Waals surface area contributed by atoms with Gasteiger partial charge in [-0.3, -0.25) is 9.69 Å². The molecule has 4 atom stereocenters. The van der Waals surface area contributed by atoms with Crippen molar-refractivity contribution in [3.8, 4) is 0 Å². The molecule has 0 unspecified atom stereocenters. The molecule has 2 heterocycles. The summed E-state index contributed by atoms with van der Waals surface area (Å²) in [4.78, 5) is 14.4. The molecule has 1 amide bonds. The number of carbonyl (C=O) groups is 1. The Balaban J connectivity index is 1.40. The van der Waals surface area contributed by atoms with Crippen molar-refractivity contribution in [3.05, 3.63) is 35.6 Å². The average Bonchev–Trinajstić information content (AvgIpc) is 2.65. The van der Waals surface area contributed by atoms with E-state index in [1.54, 1.807) is 12.1 Å². The highest BCUT2D eigenvalue weighted by Gasteiger charge is 2.38. The molecule has 0 bridgehead atoms. The lowest BCUT2D eigenvalue weighted by Gasteiger charge is -2.44. The molecule has 0 spiro atoms. The van der Waals surface area contributed by atoms with Crippen LogP contribution >= 0.6 is 0 Å². The lowest BCUT2D eigenvalue weighted by Crippen LogP contribution is -2.55. The third kappa shape index (κ3) is 5.34. The highest BCUT2D eigenvalue weighted by molar-refractivity contribution is 5.76. The molecule has 6 nitrogen and oxygen atoms in total. The normalized spacial score (nSPS) is 31.2. The number of hydrogen-bond acceptors (Lipinski definition) is 5. The Bertz CT molecular complexity index is 699. The van der Waals surface area contributed by atoms with Crippen molar-refractivity contribution >= 4 is 5.91 Å². The summed E-state index contributed by atoms with van der Waals surface area (Å²) in [7, 11) is 0. The number of hydrogen-bond donors (Lipinski definition) is 2. The molecule has 2 aliphatic heterocycles. The number of benzene rings is 1. The number of rotatable bonds is 5. The maximum Gasteiger partial charge on any atom is 0.222 e. The molecule has 1 aliphatic carbocycles. The van der Waals surface area contributed by atoms with Gasteiger partial charge in [0.1, 0.15) is 5.82 Å². The van der Waals surface area contributed by atoms with E-state index in [9.17, 15) is 14.3 Å².